The monoisotopic (exact) mass is 258 g/mol. The maximum Gasteiger partial charge on any atom is 0.236 e. The van der Waals surface area contributed by atoms with Crippen molar-refractivity contribution in [3.63, 3.8) is 0 Å². The largest absolute Gasteiger partial charge is 0.395 e. The van der Waals surface area contributed by atoms with Crippen LogP contribution in [0.15, 0.2) is 0 Å². The molecule has 1 amide bonds. The number of rotatable bonds is 8. The second-order valence-electron chi connectivity index (χ2n) is 6.03. The van der Waals surface area contributed by atoms with Crippen LogP contribution in [-0.2, 0) is 4.79 Å². The maximum atomic E-state index is 12.2. The topological polar surface area (TPSA) is 43.8 Å². The predicted octanol–water partition coefficient (Wildman–Crippen LogP) is 1.44. The average Bonchev–Trinajstić information content (AvgIpc) is 2.25. The van der Waals surface area contributed by atoms with Gasteiger partial charge in [0, 0.05) is 19.1 Å². The lowest BCUT2D eigenvalue weighted by Gasteiger charge is -2.30. The Labute approximate surface area is 112 Å². The van der Waals surface area contributed by atoms with Crippen molar-refractivity contribution in [1.29, 1.82) is 0 Å². The number of nitrogens with zero attached hydrogens (tertiary/aromatic N) is 2. The third-order valence-electron chi connectivity index (χ3n) is 2.93. The highest BCUT2D eigenvalue weighted by molar-refractivity contribution is 5.78. The lowest BCUT2D eigenvalue weighted by molar-refractivity contribution is -0.133. The molecule has 0 saturated heterocycles. The van der Waals surface area contributed by atoms with Gasteiger partial charge in [-0.25, -0.2) is 0 Å². The molecule has 1 unspecified atom stereocenters. The number of hydrogen-bond donors (Lipinski definition) is 1. The molecule has 0 rings (SSSR count). The molecule has 0 aliphatic heterocycles. The zero-order valence-electron chi connectivity index (χ0n) is 12.8. The summed E-state index contributed by atoms with van der Waals surface area (Å²) in [6.45, 7) is 12.5. The molecule has 18 heavy (non-hydrogen) atoms. The molecule has 0 saturated carbocycles. The smallest absolute Gasteiger partial charge is 0.236 e. The standard InChI is InChI=1S/C14H30N2O2/c1-11(2)7-16(8-12(3)4)14(18)9-15(6)13(5)10-17/h11-13,17H,7-10H2,1-6H3. The van der Waals surface area contributed by atoms with Crippen LogP contribution in [0.4, 0.5) is 0 Å². The summed E-state index contributed by atoms with van der Waals surface area (Å²) in [6, 6.07) is 0.0221. The van der Waals surface area contributed by atoms with E-state index in [2.05, 4.69) is 27.7 Å². The number of carbonyl (C=O) groups excluding carboxylic acids is 1. The van der Waals surface area contributed by atoms with Gasteiger partial charge in [-0.2, -0.15) is 0 Å². The molecular weight excluding hydrogens is 228 g/mol. The van der Waals surface area contributed by atoms with E-state index < -0.39 is 0 Å². The molecule has 4 nitrogen and oxygen atoms in total. The fourth-order valence-electron chi connectivity index (χ4n) is 1.77. The van der Waals surface area contributed by atoms with E-state index in [4.69, 9.17) is 5.11 Å². The third-order valence-corrected chi connectivity index (χ3v) is 2.93. The van der Waals surface area contributed by atoms with E-state index in [1.54, 1.807) is 0 Å². The number of aliphatic hydroxyl groups is 1. The summed E-state index contributed by atoms with van der Waals surface area (Å²) in [4.78, 5) is 16.1. The fourth-order valence-corrected chi connectivity index (χ4v) is 1.77. The molecule has 1 atom stereocenters. The van der Waals surface area contributed by atoms with Crippen LogP contribution in [0.5, 0.6) is 0 Å². The SMILES string of the molecule is CC(C)CN(CC(C)C)C(=O)CN(C)C(C)CO. The molecule has 0 bridgehead atoms. The number of hydrogen-bond acceptors (Lipinski definition) is 3. The minimum Gasteiger partial charge on any atom is -0.395 e. The first-order valence-corrected chi connectivity index (χ1v) is 6.86. The average molecular weight is 258 g/mol. The fraction of sp³-hybridized carbons (Fsp3) is 0.929. The van der Waals surface area contributed by atoms with Crippen LogP contribution in [0.3, 0.4) is 0 Å². The zero-order chi connectivity index (χ0) is 14.3. The number of likely N-dealkylation sites (N-methyl/N-ethyl adjacent to an activating group) is 1. The Morgan fingerprint density at radius 3 is 1.83 bits per heavy atom. The van der Waals surface area contributed by atoms with Gasteiger partial charge in [-0.05, 0) is 25.8 Å². The molecule has 108 valence electrons. The van der Waals surface area contributed by atoms with Gasteiger partial charge < -0.3 is 10.0 Å². The molecule has 0 aliphatic rings. The van der Waals surface area contributed by atoms with E-state index in [0.29, 0.717) is 18.4 Å². The van der Waals surface area contributed by atoms with Gasteiger partial charge in [-0.15, -0.1) is 0 Å². The van der Waals surface area contributed by atoms with Crippen molar-refractivity contribution >= 4 is 5.91 Å². The second-order valence-corrected chi connectivity index (χ2v) is 6.03. The van der Waals surface area contributed by atoms with Gasteiger partial charge in [-0.3, -0.25) is 9.69 Å². The Kier molecular flexibility index (Phi) is 8.20. The maximum absolute atomic E-state index is 12.2. The van der Waals surface area contributed by atoms with Gasteiger partial charge in [-0.1, -0.05) is 27.7 Å². The number of aliphatic hydroxyl groups excluding tert-OH is 1. The zero-order valence-corrected chi connectivity index (χ0v) is 12.8. The van der Waals surface area contributed by atoms with Crippen molar-refractivity contribution < 1.29 is 9.90 Å². The van der Waals surface area contributed by atoms with Gasteiger partial charge in [0.2, 0.25) is 5.91 Å². The number of carbonyl (C=O) groups is 1. The Morgan fingerprint density at radius 2 is 1.50 bits per heavy atom. The molecule has 4 heteroatoms. The normalized spacial score (nSPS) is 13.4. The van der Waals surface area contributed by atoms with Crippen LogP contribution in [0.2, 0.25) is 0 Å². The molecule has 0 aromatic heterocycles. The van der Waals surface area contributed by atoms with Crippen molar-refractivity contribution in [1.82, 2.24) is 9.80 Å². The first-order chi connectivity index (χ1) is 8.27. The first-order valence-electron chi connectivity index (χ1n) is 6.86. The second kappa shape index (κ2) is 8.48. The first kappa shape index (κ1) is 17.4. The van der Waals surface area contributed by atoms with Crippen molar-refractivity contribution in [3.05, 3.63) is 0 Å². The molecular formula is C14H30N2O2. The van der Waals surface area contributed by atoms with Gasteiger partial charge >= 0.3 is 0 Å². The van der Waals surface area contributed by atoms with Crippen molar-refractivity contribution in [2.45, 2.75) is 40.7 Å². The Hall–Kier alpha value is -0.610. The van der Waals surface area contributed by atoms with Crippen LogP contribution < -0.4 is 0 Å². The van der Waals surface area contributed by atoms with Crippen LogP contribution in [0.25, 0.3) is 0 Å². The van der Waals surface area contributed by atoms with Crippen molar-refractivity contribution in [3.8, 4) is 0 Å². The summed E-state index contributed by atoms with van der Waals surface area (Å²) in [7, 11) is 1.88. The molecule has 0 aromatic carbocycles. The van der Waals surface area contributed by atoms with Gasteiger partial charge in [0.1, 0.15) is 0 Å². The summed E-state index contributed by atoms with van der Waals surface area (Å²) in [6.07, 6.45) is 0. The molecule has 0 spiro atoms. The predicted molar refractivity (Wildman–Crippen MR) is 75.4 cm³/mol. The van der Waals surface area contributed by atoms with Crippen LogP contribution >= 0.6 is 0 Å². The highest BCUT2D eigenvalue weighted by Crippen LogP contribution is 2.06. The highest BCUT2D eigenvalue weighted by atomic mass is 16.3. The quantitative estimate of drug-likeness (QED) is 0.716. The number of amides is 1. The molecule has 0 fully saturated rings. The van der Waals surface area contributed by atoms with Gasteiger partial charge in [0.05, 0.1) is 13.2 Å². The van der Waals surface area contributed by atoms with Gasteiger partial charge in [0.15, 0.2) is 0 Å². The van der Waals surface area contributed by atoms with E-state index in [9.17, 15) is 4.79 Å². The summed E-state index contributed by atoms with van der Waals surface area (Å²) in [5.41, 5.74) is 0. The summed E-state index contributed by atoms with van der Waals surface area (Å²) < 4.78 is 0. The van der Waals surface area contributed by atoms with Crippen LogP contribution in [0.1, 0.15) is 34.6 Å². The van der Waals surface area contributed by atoms with E-state index >= 15 is 0 Å². The molecule has 0 aromatic rings. The van der Waals surface area contributed by atoms with E-state index in [1.165, 1.54) is 0 Å². The minimum atomic E-state index is 0.0221. The minimum absolute atomic E-state index is 0.0221. The van der Waals surface area contributed by atoms with Crippen molar-refractivity contribution in [2.75, 3.05) is 33.3 Å². The summed E-state index contributed by atoms with van der Waals surface area (Å²) in [5, 5.41) is 9.08. The van der Waals surface area contributed by atoms with E-state index in [1.807, 2.05) is 23.8 Å². The van der Waals surface area contributed by atoms with E-state index in [0.717, 1.165) is 13.1 Å². The van der Waals surface area contributed by atoms with Crippen molar-refractivity contribution in [2.24, 2.45) is 11.8 Å². The summed E-state index contributed by atoms with van der Waals surface area (Å²) >= 11 is 0. The highest BCUT2D eigenvalue weighted by Gasteiger charge is 2.19. The Bertz CT molecular complexity index is 232. The molecule has 0 radical (unpaired) electrons. The molecule has 0 heterocycles. The lowest BCUT2D eigenvalue weighted by atomic mass is 10.1. The molecule has 0 aliphatic carbocycles. The third kappa shape index (κ3) is 6.97. The Balaban J connectivity index is 4.45. The van der Waals surface area contributed by atoms with Crippen LogP contribution in [0, 0.1) is 11.8 Å². The summed E-state index contributed by atoms with van der Waals surface area (Å²) in [5.74, 6) is 1.11. The van der Waals surface area contributed by atoms with E-state index in [-0.39, 0.29) is 18.6 Å². The molecule has 1 N–H and O–H groups in total. The lowest BCUT2D eigenvalue weighted by Crippen LogP contribution is -2.45. The Morgan fingerprint density at radius 1 is 1.06 bits per heavy atom. The van der Waals surface area contributed by atoms with Crippen LogP contribution in [-0.4, -0.2) is 60.1 Å². The van der Waals surface area contributed by atoms with Gasteiger partial charge in [0.25, 0.3) is 0 Å².